The van der Waals surface area contributed by atoms with E-state index in [9.17, 15) is 4.79 Å². The lowest BCUT2D eigenvalue weighted by Crippen LogP contribution is -2.41. The second-order valence-electron chi connectivity index (χ2n) is 7.86. The Labute approximate surface area is 171 Å². The predicted molar refractivity (Wildman–Crippen MR) is 112 cm³/mol. The van der Waals surface area contributed by atoms with Gasteiger partial charge in [0.05, 0.1) is 18.2 Å². The van der Waals surface area contributed by atoms with Crippen LogP contribution in [0.4, 0.5) is 5.82 Å². The first-order chi connectivity index (χ1) is 14.2. The molecule has 0 spiro atoms. The van der Waals surface area contributed by atoms with Crippen LogP contribution in [-0.2, 0) is 9.53 Å². The molecule has 2 aliphatic heterocycles. The first-order valence-electron chi connectivity index (χ1n) is 10.6. The van der Waals surface area contributed by atoms with Crippen LogP contribution in [0.1, 0.15) is 50.1 Å². The lowest BCUT2D eigenvalue weighted by atomic mass is 9.93. The number of hydrogen-bond donors (Lipinski definition) is 1. The van der Waals surface area contributed by atoms with Gasteiger partial charge in [0.15, 0.2) is 5.82 Å². The van der Waals surface area contributed by atoms with Gasteiger partial charge in [0.2, 0.25) is 5.91 Å². The van der Waals surface area contributed by atoms with Crippen LogP contribution in [0.5, 0.6) is 0 Å². The Morgan fingerprint density at radius 3 is 2.83 bits per heavy atom. The Morgan fingerprint density at radius 1 is 1.21 bits per heavy atom. The normalized spacial score (nSPS) is 22.3. The first kappa shape index (κ1) is 19.8. The van der Waals surface area contributed by atoms with Crippen molar-refractivity contribution in [2.75, 3.05) is 32.1 Å². The molecule has 2 aromatic rings. The average molecular weight is 396 g/mol. The third-order valence-corrected chi connectivity index (χ3v) is 5.81. The number of aromatic nitrogens is 3. The molecule has 1 amide bonds. The third kappa shape index (κ3) is 4.90. The molecule has 0 radical (unpaired) electrons. The summed E-state index contributed by atoms with van der Waals surface area (Å²) in [6, 6.07) is 5.84. The summed E-state index contributed by atoms with van der Waals surface area (Å²) in [6.45, 7) is 2.32. The number of hydrogen-bond acceptors (Lipinski definition) is 6. The molecular weight excluding hydrogens is 366 g/mol. The minimum absolute atomic E-state index is 0.0878. The highest BCUT2D eigenvalue weighted by Crippen LogP contribution is 2.29. The molecule has 0 unspecified atom stereocenters. The number of nitrogens with one attached hydrogen (secondary N) is 1. The fraction of sp³-hybridized carbons (Fsp3) is 0.545. The molecule has 2 saturated heterocycles. The largest absolute Gasteiger partial charge is 0.378 e. The van der Waals surface area contributed by atoms with Gasteiger partial charge in [0, 0.05) is 56.7 Å². The molecule has 2 aromatic heterocycles. The van der Waals surface area contributed by atoms with Gasteiger partial charge in [0.25, 0.3) is 0 Å². The molecule has 2 fully saturated rings. The van der Waals surface area contributed by atoms with Crippen LogP contribution in [0.15, 0.2) is 30.6 Å². The van der Waals surface area contributed by atoms with E-state index in [2.05, 4.69) is 15.3 Å². The Bertz CT molecular complexity index is 823. The molecule has 0 aliphatic carbocycles. The molecule has 1 N–H and O–H groups in total. The highest BCUT2D eigenvalue weighted by molar-refractivity contribution is 5.77. The number of anilines is 1. The van der Waals surface area contributed by atoms with E-state index < -0.39 is 0 Å². The Morgan fingerprint density at radius 2 is 2.07 bits per heavy atom. The number of piperidine rings is 1. The van der Waals surface area contributed by atoms with Gasteiger partial charge < -0.3 is 15.0 Å². The second-order valence-corrected chi connectivity index (χ2v) is 7.86. The Balaban J connectivity index is 1.49. The van der Waals surface area contributed by atoms with Crippen molar-refractivity contribution in [3.8, 4) is 11.4 Å². The van der Waals surface area contributed by atoms with E-state index in [-0.39, 0.29) is 17.9 Å². The molecular formula is C22H29N5O2. The summed E-state index contributed by atoms with van der Waals surface area (Å²) in [6.07, 6.45) is 9.37. The van der Waals surface area contributed by atoms with Gasteiger partial charge in [-0.25, -0.2) is 9.97 Å². The van der Waals surface area contributed by atoms with Gasteiger partial charge in [0.1, 0.15) is 5.82 Å². The second kappa shape index (κ2) is 9.31. The standard InChI is InChI=1S/C22H29N5O2/c1-23-20-14-19(25-22(26-20)16-7-9-24-10-8-16)17-5-4-11-27(15-17)21(28)13-18-6-2-3-12-29-18/h7-10,14,17-18H,2-6,11-13,15H2,1H3,(H,23,25,26)/t17-,18-/m1/s1. The summed E-state index contributed by atoms with van der Waals surface area (Å²) in [5.41, 5.74) is 1.93. The smallest absolute Gasteiger partial charge is 0.225 e. The number of nitrogens with zero attached hydrogens (tertiary/aromatic N) is 4. The summed E-state index contributed by atoms with van der Waals surface area (Å²) in [5, 5.41) is 3.14. The molecule has 29 heavy (non-hydrogen) atoms. The SMILES string of the molecule is CNc1cc([C@@H]2CCCN(C(=O)C[C@H]3CCCCO3)C2)nc(-c2ccncc2)n1. The topological polar surface area (TPSA) is 80.2 Å². The fourth-order valence-corrected chi connectivity index (χ4v) is 4.17. The van der Waals surface area contributed by atoms with E-state index in [4.69, 9.17) is 9.72 Å². The number of likely N-dealkylation sites (tertiary alicyclic amines) is 1. The molecule has 0 aromatic carbocycles. The molecule has 4 rings (SSSR count). The van der Waals surface area contributed by atoms with Gasteiger partial charge in [-0.3, -0.25) is 9.78 Å². The highest BCUT2D eigenvalue weighted by Gasteiger charge is 2.28. The van der Waals surface area contributed by atoms with Crippen LogP contribution in [0.2, 0.25) is 0 Å². The molecule has 0 bridgehead atoms. The van der Waals surface area contributed by atoms with Gasteiger partial charge in [-0.15, -0.1) is 0 Å². The van der Waals surface area contributed by atoms with Gasteiger partial charge >= 0.3 is 0 Å². The van der Waals surface area contributed by atoms with Crippen molar-refractivity contribution in [1.82, 2.24) is 19.9 Å². The maximum absolute atomic E-state index is 12.8. The number of carbonyl (C=O) groups is 1. The van der Waals surface area contributed by atoms with Crippen molar-refractivity contribution >= 4 is 11.7 Å². The summed E-state index contributed by atoms with van der Waals surface area (Å²) < 4.78 is 5.76. The lowest BCUT2D eigenvalue weighted by Gasteiger charge is -2.34. The first-order valence-corrected chi connectivity index (χ1v) is 10.6. The highest BCUT2D eigenvalue weighted by atomic mass is 16.5. The van der Waals surface area contributed by atoms with E-state index >= 15 is 0 Å². The van der Waals surface area contributed by atoms with E-state index in [0.29, 0.717) is 18.8 Å². The Kier molecular flexibility index (Phi) is 6.34. The van der Waals surface area contributed by atoms with Crippen molar-refractivity contribution in [2.24, 2.45) is 0 Å². The number of amides is 1. The van der Waals surface area contributed by atoms with E-state index in [1.807, 2.05) is 30.1 Å². The maximum atomic E-state index is 12.8. The van der Waals surface area contributed by atoms with Crippen LogP contribution in [0, 0.1) is 0 Å². The number of carbonyl (C=O) groups excluding carboxylic acids is 1. The van der Waals surface area contributed by atoms with E-state index in [1.165, 1.54) is 0 Å². The van der Waals surface area contributed by atoms with Gasteiger partial charge in [-0.05, 0) is 44.2 Å². The molecule has 154 valence electrons. The summed E-state index contributed by atoms with van der Waals surface area (Å²) in [7, 11) is 1.86. The van der Waals surface area contributed by atoms with E-state index in [1.54, 1.807) is 12.4 Å². The zero-order chi connectivity index (χ0) is 20.1. The zero-order valence-corrected chi connectivity index (χ0v) is 17.0. The quantitative estimate of drug-likeness (QED) is 0.837. The summed E-state index contributed by atoms with van der Waals surface area (Å²) in [4.78, 5) is 28.4. The monoisotopic (exact) mass is 395 g/mol. The van der Waals surface area contributed by atoms with E-state index in [0.717, 1.165) is 62.3 Å². The predicted octanol–water partition coefficient (Wildman–Crippen LogP) is 3.25. The fourth-order valence-electron chi connectivity index (χ4n) is 4.17. The molecule has 2 atom stereocenters. The average Bonchev–Trinajstić information content (AvgIpc) is 2.80. The number of rotatable bonds is 5. The van der Waals surface area contributed by atoms with Crippen LogP contribution in [0.3, 0.4) is 0 Å². The molecule has 2 aliphatic rings. The summed E-state index contributed by atoms with van der Waals surface area (Å²) >= 11 is 0. The number of ether oxygens (including phenoxy) is 1. The van der Waals surface area contributed by atoms with Crippen LogP contribution < -0.4 is 5.32 Å². The van der Waals surface area contributed by atoms with Crippen LogP contribution in [0.25, 0.3) is 11.4 Å². The van der Waals surface area contributed by atoms with Crippen LogP contribution in [-0.4, -0.2) is 58.6 Å². The molecule has 4 heterocycles. The molecule has 7 heteroatoms. The minimum Gasteiger partial charge on any atom is -0.378 e. The zero-order valence-electron chi connectivity index (χ0n) is 17.0. The lowest BCUT2D eigenvalue weighted by molar-refractivity contribution is -0.136. The minimum atomic E-state index is 0.0878. The van der Waals surface area contributed by atoms with Crippen molar-refractivity contribution in [2.45, 2.75) is 50.5 Å². The van der Waals surface area contributed by atoms with Crippen molar-refractivity contribution in [1.29, 1.82) is 0 Å². The summed E-state index contributed by atoms with van der Waals surface area (Å²) in [5.74, 6) is 1.91. The van der Waals surface area contributed by atoms with Gasteiger partial charge in [-0.1, -0.05) is 0 Å². The van der Waals surface area contributed by atoms with Gasteiger partial charge in [-0.2, -0.15) is 0 Å². The third-order valence-electron chi connectivity index (χ3n) is 5.81. The van der Waals surface area contributed by atoms with Crippen LogP contribution >= 0.6 is 0 Å². The van der Waals surface area contributed by atoms with Crippen molar-refractivity contribution in [3.05, 3.63) is 36.3 Å². The maximum Gasteiger partial charge on any atom is 0.225 e. The molecule has 7 nitrogen and oxygen atoms in total. The number of pyridine rings is 1. The molecule has 0 saturated carbocycles. The Hall–Kier alpha value is -2.54. The van der Waals surface area contributed by atoms with Crippen molar-refractivity contribution in [3.63, 3.8) is 0 Å². The van der Waals surface area contributed by atoms with Crippen molar-refractivity contribution < 1.29 is 9.53 Å².